The zero-order valence-corrected chi connectivity index (χ0v) is 24.7. The number of carbonyl (C=O) groups is 3. The van der Waals surface area contributed by atoms with Crippen LogP contribution in [0.2, 0.25) is 0 Å². The highest BCUT2D eigenvalue weighted by atomic mass is 16.7. The molecule has 0 radical (unpaired) electrons. The van der Waals surface area contributed by atoms with Crippen molar-refractivity contribution in [2.75, 3.05) is 27.1 Å². The average Bonchev–Trinajstić information content (AvgIpc) is 3.81. The zero-order chi connectivity index (χ0) is 30.8. The third-order valence-electron chi connectivity index (χ3n) is 9.12. The van der Waals surface area contributed by atoms with Gasteiger partial charge in [0.2, 0.25) is 18.6 Å². The van der Waals surface area contributed by atoms with E-state index in [1.807, 2.05) is 12.1 Å². The summed E-state index contributed by atoms with van der Waals surface area (Å²) in [5.41, 5.74) is 1.93. The molecule has 0 spiro atoms. The molecule has 1 saturated carbocycles. The summed E-state index contributed by atoms with van der Waals surface area (Å²) in [6.07, 6.45) is 5.80. The molecule has 4 aliphatic rings. The SMILES string of the molecule is COc1cc(C=O)cc2c1OC1C2C(C(=O)NCCO)=CC(N(Cc2ccc3c(c2)OCO3)C(=O)CCC2CCCC2)C1O. The summed E-state index contributed by atoms with van der Waals surface area (Å²) in [6, 6.07) is 7.74. The second kappa shape index (κ2) is 12.9. The smallest absolute Gasteiger partial charge is 0.247 e. The van der Waals surface area contributed by atoms with Gasteiger partial charge in [0.1, 0.15) is 18.5 Å². The van der Waals surface area contributed by atoms with Crippen molar-refractivity contribution in [3.05, 3.63) is 58.7 Å². The lowest BCUT2D eigenvalue weighted by atomic mass is 9.77. The van der Waals surface area contributed by atoms with Crippen LogP contribution in [0.25, 0.3) is 0 Å². The molecule has 2 aromatic carbocycles. The second-order valence-electron chi connectivity index (χ2n) is 11.8. The monoisotopic (exact) mass is 606 g/mol. The first kappa shape index (κ1) is 30.0. The number of hydrogen-bond acceptors (Lipinski definition) is 9. The van der Waals surface area contributed by atoms with Crippen molar-refractivity contribution in [3.8, 4) is 23.0 Å². The van der Waals surface area contributed by atoms with Crippen molar-refractivity contribution in [2.24, 2.45) is 5.92 Å². The van der Waals surface area contributed by atoms with Gasteiger partial charge in [-0.15, -0.1) is 0 Å². The van der Waals surface area contributed by atoms with E-state index in [0.29, 0.717) is 52.7 Å². The molecule has 0 bridgehead atoms. The number of hydrogen-bond donors (Lipinski definition) is 3. The van der Waals surface area contributed by atoms with Gasteiger partial charge < -0.3 is 39.4 Å². The van der Waals surface area contributed by atoms with Crippen LogP contribution >= 0.6 is 0 Å². The summed E-state index contributed by atoms with van der Waals surface area (Å²) in [4.78, 5) is 41.0. The van der Waals surface area contributed by atoms with Gasteiger partial charge in [-0.1, -0.05) is 31.7 Å². The van der Waals surface area contributed by atoms with E-state index in [2.05, 4.69) is 5.32 Å². The molecule has 0 aromatic heterocycles. The summed E-state index contributed by atoms with van der Waals surface area (Å²) >= 11 is 0. The topological polar surface area (TPSA) is 144 Å². The number of benzene rings is 2. The third kappa shape index (κ3) is 5.73. The summed E-state index contributed by atoms with van der Waals surface area (Å²) in [5.74, 6) is 1.01. The molecule has 11 heteroatoms. The van der Waals surface area contributed by atoms with E-state index in [1.54, 1.807) is 29.2 Å². The molecule has 44 heavy (non-hydrogen) atoms. The van der Waals surface area contributed by atoms with Crippen molar-refractivity contribution in [3.63, 3.8) is 0 Å². The highest BCUT2D eigenvalue weighted by Crippen LogP contribution is 2.51. The van der Waals surface area contributed by atoms with Gasteiger partial charge in [-0.05, 0) is 48.2 Å². The average molecular weight is 607 g/mol. The molecule has 0 saturated heterocycles. The lowest BCUT2D eigenvalue weighted by Gasteiger charge is -2.41. The molecule has 2 aliphatic heterocycles. The largest absolute Gasteiger partial charge is 0.493 e. The number of rotatable bonds is 11. The van der Waals surface area contributed by atoms with Crippen LogP contribution in [0.15, 0.2) is 42.0 Å². The number of fused-ring (bicyclic) bond motifs is 4. The Morgan fingerprint density at radius 3 is 2.68 bits per heavy atom. The molecule has 3 N–H and O–H groups in total. The molecule has 234 valence electrons. The third-order valence-corrected chi connectivity index (χ3v) is 9.12. The molecule has 11 nitrogen and oxygen atoms in total. The number of amides is 2. The molecular weight excluding hydrogens is 568 g/mol. The Labute approximate surface area is 255 Å². The van der Waals surface area contributed by atoms with Crippen molar-refractivity contribution >= 4 is 18.1 Å². The number of ether oxygens (including phenoxy) is 4. The predicted octanol–water partition coefficient (Wildman–Crippen LogP) is 2.86. The number of carbonyl (C=O) groups excluding carboxylic acids is 3. The van der Waals surface area contributed by atoms with E-state index in [0.717, 1.165) is 24.8 Å². The molecule has 2 aromatic rings. The minimum Gasteiger partial charge on any atom is -0.493 e. The summed E-state index contributed by atoms with van der Waals surface area (Å²) in [7, 11) is 1.45. The molecule has 6 rings (SSSR count). The van der Waals surface area contributed by atoms with E-state index in [4.69, 9.17) is 18.9 Å². The first-order valence-corrected chi connectivity index (χ1v) is 15.2. The normalized spacial score (nSPS) is 23.3. The zero-order valence-electron chi connectivity index (χ0n) is 24.7. The molecule has 1 fully saturated rings. The molecular formula is C33H38N2O9. The van der Waals surface area contributed by atoms with E-state index in [1.165, 1.54) is 20.0 Å². The van der Waals surface area contributed by atoms with Crippen LogP contribution in [0, 0.1) is 5.92 Å². The first-order chi connectivity index (χ1) is 21.4. The van der Waals surface area contributed by atoms with Gasteiger partial charge >= 0.3 is 0 Å². The van der Waals surface area contributed by atoms with Gasteiger partial charge in [0.05, 0.1) is 25.7 Å². The Morgan fingerprint density at radius 1 is 1.14 bits per heavy atom. The van der Waals surface area contributed by atoms with E-state index in [-0.39, 0.29) is 38.0 Å². The van der Waals surface area contributed by atoms with Crippen LogP contribution in [0.1, 0.15) is 65.9 Å². The quantitative estimate of drug-likeness (QED) is 0.329. The molecule has 2 heterocycles. The minimum atomic E-state index is -1.21. The highest BCUT2D eigenvalue weighted by Gasteiger charge is 2.51. The molecule has 4 unspecified atom stereocenters. The number of aliphatic hydroxyl groups is 2. The van der Waals surface area contributed by atoms with Crippen LogP contribution < -0.4 is 24.3 Å². The van der Waals surface area contributed by atoms with Gasteiger partial charge in [-0.3, -0.25) is 14.4 Å². The summed E-state index contributed by atoms with van der Waals surface area (Å²) in [5, 5.41) is 24.0. The van der Waals surface area contributed by atoms with Crippen molar-refractivity contribution < 1.29 is 43.5 Å². The van der Waals surface area contributed by atoms with E-state index in [9.17, 15) is 24.6 Å². The van der Waals surface area contributed by atoms with Crippen LogP contribution in [0.4, 0.5) is 0 Å². The van der Waals surface area contributed by atoms with Crippen molar-refractivity contribution in [2.45, 2.75) is 69.2 Å². The molecule has 4 atom stereocenters. The number of aliphatic hydroxyl groups excluding tert-OH is 2. The predicted molar refractivity (Wildman–Crippen MR) is 158 cm³/mol. The maximum atomic E-state index is 14.0. The van der Waals surface area contributed by atoms with Crippen LogP contribution in [-0.4, -0.2) is 78.5 Å². The lowest BCUT2D eigenvalue weighted by molar-refractivity contribution is -0.138. The number of nitrogens with zero attached hydrogens (tertiary/aromatic N) is 1. The van der Waals surface area contributed by atoms with Gasteiger partial charge in [-0.25, -0.2) is 0 Å². The van der Waals surface area contributed by atoms with Crippen molar-refractivity contribution in [1.29, 1.82) is 0 Å². The Balaban J connectivity index is 1.39. The number of aldehydes is 1. The van der Waals surface area contributed by atoms with Gasteiger partial charge in [0.15, 0.2) is 23.0 Å². The van der Waals surface area contributed by atoms with Crippen LogP contribution in [0.5, 0.6) is 23.0 Å². The standard InChI is InChI=1S/C33H38N2O9/c1-41-27-14-21(17-37)12-22-29-23(33(40)34-10-11-36)15-24(30(39)32(29)44-31(22)27)35(28(38)9-7-19-4-2-3-5-19)16-20-6-8-25-26(13-20)43-18-42-25/h6,8,12-15,17,19,24,29-30,32,36,39H,2-5,7,9-11,16,18H2,1H3,(H,34,40). The van der Waals surface area contributed by atoms with Gasteiger partial charge in [0, 0.05) is 36.2 Å². The lowest BCUT2D eigenvalue weighted by Crippen LogP contribution is -2.55. The van der Waals surface area contributed by atoms with Crippen molar-refractivity contribution in [1.82, 2.24) is 10.2 Å². The van der Waals surface area contributed by atoms with E-state index >= 15 is 0 Å². The van der Waals surface area contributed by atoms with Gasteiger partial charge in [0.25, 0.3) is 0 Å². The fourth-order valence-corrected chi connectivity index (χ4v) is 6.92. The Hall–Kier alpha value is -4.09. The maximum absolute atomic E-state index is 14.0. The Kier molecular flexibility index (Phi) is 8.76. The van der Waals surface area contributed by atoms with Gasteiger partial charge in [-0.2, -0.15) is 0 Å². The summed E-state index contributed by atoms with van der Waals surface area (Å²) < 4.78 is 22.8. The molecule has 2 aliphatic carbocycles. The highest BCUT2D eigenvalue weighted by molar-refractivity contribution is 5.96. The molecule has 2 amide bonds. The van der Waals surface area contributed by atoms with Crippen LogP contribution in [-0.2, 0) is 16.1 Å². The minimum absolute atomic E-state index is 0.0213. The Morgan fingerprint density at radius 2 is 1.93 bits per heavy atom. The maximum Gasteiger partial charge on any atom is 0.247 e. The second-order valence-corrected chi connectivity index (χ2v) is 11.8. The van der Waals surface area contributed by atoms with Crippen LogP contribution in [0.3, 0.4) is 0 Å². The number of nitrogens with one attached hydrogen (secondary N) is 1. The fraction of sp³-hybridized carbons (Fsp3) is 0.485. The number of methoxy groups -OCH3 is 1. The van der Waals surface area contributed by atoms with E-state index < -0.39 is 30.1 Å². The Bertz CT molecular complexity index is 1450. The first-order valence-electron chi connectivity index (χ1n) is 15.2. The fourth-order valence-electron chi connectivity index (χ4n) is 6.92. The summed E-state index contributed by atoms with van der Waals surface area (Å²) in [6.45, 7) is 0.0426.